The summed E-state index contributed by atoms with van der Waals surface area (Å²) in [6, 6.07) is 10.7. The Kier molecular flexibility index (Phi) is 4.04. The van der Waals surface area contributed by atoms with Crippen molar-refractivity contribution in [3.63, 3.8) is 0 Å². The number of hydrogen-bond donors (Lipinski definition) is 1. The number of carboxylic acid groups (broad SMARTS) is 1. The van der Waals surface area contributed by atoms with Gasteiger partial charge in [-0.1, -0.05) is 25.1 Å². The molecule has 0 radical (unpaired) electrons. The minimum atomic E-state index is -1.24. The monoisotopic (exact) mass is 332 g/mol. The Balaban J connectivity index is 2.34. The molecule has 0 amide bonds. The second-order valence-electron chi connectivity index (χ2n) is 4.50. The van der Waals surface area contributed by atoms with Gasteiger partial charge in [0.25, 0.3) is 0 Å². The van der Waals surface area contributed by atoms with Crippen LogP contribution in [0.2, 0.25) is 0 Å². The molecule has 0 atom stereocenters. The van der Waals surface area contributed by atoms with Crippen molar-refractivity contribution >= 4 is 39.8 Å². The molecule has 6 heteroatoms. The maximum absolute atomic E-state index is 12.0. The van der Waals surface area contributed by atoms with Crippen LogP contribution in [0.1, 0.15) is 17.5 Å². The molecule has 0 aliphatic rings. The van der Waals surface area contributed by atoms with Crippen LogP contribution in [0, 0.1) is 0 Å². The van der Waals surface area contributed by atoms with E-state index in [1.807, 2.05) is 12.1 Å². The Labute approximate surface area is 134 Å². The smallest absolute Gasteiger partial charge is 0.372 e. The first kappa shape index (κ1) is 14.9. The summed E-state index contributed by atoms with van der Waals surface area (Å²) < 4.78 is 6.15. The van der Waals surface area contributed by atoms with Gasteiger partial charge in [-0.25, -0.2) is 9.59 Å². The minimum absolute atomic E-state index is 0.307. The average molecular weight is 332 g/mol. The minimum Gasteiger partial charge on any atom is -0.475 e. The third-order valence-corrected chi connectivity index (χ3v) is 5.36. The molecule has 3 rings (SSSR count). The van der Waals surface area contributed by atoms with Crippen LogP contribution in [0.3, 0.4) is 0 Å². The molecule has 2 aromatic heterocycles. The van der Waals surface area contributed by atoms with Crippen LogP contribution in [0.4, 0.5) is 0 Å². The van der Waals surface area contributed by atoms with Crippen LogP contribution in [0.15, 0.2) is 49.8 Å². The van der Waals surface area contributed by atoms with Gasteiger partial charge in [0.15, 0.2) is 0 Å². The Bertz CT molecular complexity index is 908. The highest BCUT2D eigenvalue weighted by atomic mass is 32.2. The molecule has 0 aliphatic heterocycles. The molecule has 0 saturated carbocycles. The van der Waals surface area contributed by atoms with E-state index in [1.54, 1.807) is 36.0 Å². The van der Waals surface area contributed by atoms with Gasteiger partial charge in [0.1, 0.15) is 0 Å². The van der Waals surface area contributed by atoms with Crippen LogP contribution < -0.4 is 5.63 Å². The average Bonchev–Trinajstić information content (AvgIpc) is 2.96. The van der Waals surface area contributed by atoms with Gasteiger partial charge in [-0.2, -0.15) is 0 Å². The Hall–Kier alpha value is -2.05. The van der Waals surface area contributed by atoms with Gasteiger partial charge >= 0.3 is 11.6 Å². The highest BCUT2D eigenvalue weighted by Crippen LogP contribution is 2.38. The van der Waals surface area contributed by atoms with E-state index in [0.29, 0.717) is 16.3 Å². The molecular formula is C16H12O4S2. The highest BCUT2D eigenvalue weighted by Gasteiger charge is 2.21. The molecule has 112 valence electrons. The molecule has 0 fully saturated rings. The highest BCUT2D eigenvalue weighted by molar-refractivity contribution is 8.01. The molecule has 4 nitrogen and oxygen atoms in total. The molecule has 1 aromatic carbocycles. The van der Waals surface area contributed by atoms with Gasteiger partial charge in [0.05, 0.1) is 15.2 Å². The first-order valence-corrected chi connectivity index (χ1v) is 8.44. The normalized spacial score (nSPS) is 11.0. The van der Waals surface area contributed by atoms with Crippen molar-refractivity contribution < 1.29 is 14.3 Å². The lowest BCUT2D eigenvalue weighted by Gasteiger charge is -2.06. The third kappa shape index (κ3) is 2.55. The van der Waals surface area contributed by atoms with E-state index in [1.165, 1.54) is 11.3 Å². The fraction of sp³-hybridized carbons (Fsp3) is 0.125. The topological polar surface area (TPSA) is 67.5 Å². The number of thioether (sulfide) groups is 1. The molecule has 2 heterocycles. The van der Waals surface area contributed by atoms with Crippen molar-refractivity contribution in [2.45, 2.75) is 11.1 Å². The molecule has 1 N–H and O–H groups in total. The third-order valence-electron chi connectivity index (χ3n) is 3.15. The van der Waals surface area contributed by atoms with Crippen LogP contribution in [0.25, 0.3) is 21.2 Å². The first-order valence-electron chi connectivity index (χ1n) is 6.64. The Morgan fingerprint density at radius 1 is 1.23 bits per heavy atom. The molecule has 0 aliphatic carbocycles. The molecular weight excluding hydrogens is 320 g/mol. The molecule has 0 saturated heterocycles. The van der Waals surface area contributed by atoms with Gasteiger partial charge in [0.2, 0.25) is 5.76 Å². The zero-order valence-corrected chi connectivity index (χ0v) is 13.3. The lowest BCUT2D eigenvalue weighted by molar-refractivity contribution is 0.0659. The summed E-state index contributed by atoms with van der Waals surface area (Å²) in [5.74, 6) is -0.606. The zero-order valence-electron chi connectivity index (χ0n) is 11.7. The molecule has 0 bridgehead atoms. The number of fused-ring (bicyclic) bond motifs is 1. The van der Waals surface area contributed by atoms with Crippen molar-refractivity contribution in [3.05, 3.63) is 52.6 Å². The standard InChI is InChI=1S/C16H12O4S2/c1-2-21-12-8-7-11(22-12)13-9-5-3-4-6-10(9)16(19)20-14(13)15(17)18/h3-8H,2H2,1H3,(H,17,18). The van der Waals surface area contributed by atoms with Crippen LogP contribution in [-0.2, 0) is 0 Å². The Morgan fingerprint density at radius 2 is 1.95 bits per heavy atom. The first-order chi connectivity index (χ1) is 10.6. The molecule has 0 spiro atoms. The number of carbonyl (C=O) groups is 1. The van der Waals surface area contributed by atoms with Crippen LogP contribution in [-0.4, -0.2) is 16.8 Å². The Morgan fingerprint density at radius 3 is 2.64 bits per heavy atom. The summed E-state index contributed by atoms with van der Waals surface area (Å²) >= 11 is 3.19. The van der Waals surface area contributed by atoms with E-state index in [9.17, 15) is 14.7 Å². The van der Waals surface area contributed by atoms with E-state index >= 15 is 0 Å². The number of thiophene rings is 1. The summed E-state index contributed by atoms with van der Waals surface area (Å²) in [7, 11) is 0. The number of rotatable bonds is 4. The predicted octanol–water partition coefficient (Wildman–Crippen LogP) is 4.33. The maximum atomic E-state index is 12.0. The van der Waals surface area contributed by atoms with E-state index in [4.69, 9.17) is 4.42 Å². The number of aromatic carboxylic acids is 1. The predicted molar refractivity (Wildman–Crippen MR) is 89.2 cm³/mol. The quantitative estimate of drug-likeness (QED) is 0.720. The van der Waals surface area contributed by atoms with Crippen molar-refractivity contribution in [2.75, 3.05) is 5.75 Å². The summed E-state index contributed by atoms with van der Waals surface area (Å²) in [5.41, 5.74) is -0.160. The van der Waals surface area contributed by atoms with Crippen molar-refractivity contribution in [1.29, 1.82) is 0 Å². The van der Waals surface area contributed by atoms with Gasteiger partial charge in [-0.15, -0.1) is 23.1 Å². The van der Waals surface area contributed by atoms with Crippen molar-refractivity contribution in [1.82, 2.24) is 0 Å². The van der Waals surface area contributed by atoms with E-state index in [2.05, 4.69) is 6.92 Å². The SMILES string of the molecule is CCSc1ccc(-c2c(C(=O)O)oc(=O)c3ccccc23)s1. The van der Waals surface area contributed by atoms with Gasteiger partial charge in [-0.3, -0.25) is 0 Å². The van der Waals surface area contributed by atoms with E-state index in [-0.39, 0.29) is 5.76 Å². The van der Waals surface area contributed by atoms with Crippen LogP contribution >= 0.6 is 23.1 Å². The largest absolute Gasteiger partial charge is 0.475 e. The van der Waals surface area contributed by atoms with Crippen molar-refractivity contribution in [2.24, 2.45) is 0 Å². The number of benzene rings is 1. The molecule has 0 unspecified atom stereocenters. The number of hydrogen-bond acceptors (Lipinski definition) is 5. The van der Waals surface area contributed by atoms with Gasteiger partial charge in [-0.05, 0) is 24.0 Å². The molecule has 3 aromatic rings. The van der Waals surface area contributed by atoms with E-state index in [0.717, 1.165) is 14.8 Å². The lowest BCUT2D eigenvalue weighted by Crippen LogP contribution is -2.08. The number of carboxylic acids is 1. The summed E-state index contributed by atoms with van der Waals surface area (Å²) in [5, 5.41) is 10.4. The van der Waals surface area contributed by atoms with Gasteiger partial charge < -0.3 is 9.52 Å². The fourth-order valence-corrected chi connectivity index (χ4v) is 4.37. The van der Waals surface area contributed by atoms with E-state index < -0.39 is 11.6 Å². The van der Waals surface area contributed by atoms with Crippen molar-refractivity contribution in [3.8, 4) is 10.4 Å². The lowest BCUT2D eigenvalue weighted by atomic mass is 10.0. The second-order valence-corrected chi connectivity index (χ2v) is 7.14. The summed E-state index contributed by atoms with van der Waals surface area (Å²) in [6.45, 7) is 2.06. The zero-order chi connectivity index (χ0) is 15.7. The maximum Gasteiger partial charge on any atom is 0.372 e. The fourth-order valence-electron chi connectivity index (χ4n) is 2.27. The van der Waals surface area contributed by atoms with Crippen LogP contribution in [0.5, 0.6) is 0 Å². The van der Waals surface area contributed by atoms with Gasteiger partial charge in [0, 0.05) is 10.3 Å². The summed E-state index contributed by atoms with van der Waals surface area (Å²) in [4.78, 5) is 24.2. The molecule has 22 heavy (non-hydrogen) atoms. The summed E-state index contributed by atoms with van der Waals surface area (Å²) in [6.07, 6.45) is 0. The second kappa shape index (κ2) is 5.98.